The molecule has 0 N–H and O–H groups in total. The van der Waals surface area contributed by atoms with Gasteiger partial charge in [-0.25, -0.2) is 4.98 Å². The Bertz CT molecular complexity index is 819. The maximum absolute atomic E-state index is 12.7. The van der Waals surface area contributed by atoms with E-state index in [-0.39, 0.29) is 12.0 Å². The van der Waals surface area contributed by atoms with Gasteiger partial charge in [0.05, 0.1) is 23.4 Å². The molecule has 0 spiro atoms. The van der Waals surface area contributed by atoms with Gasteiger partial charge in [0.2, 0.25) is 5.91 Å². The summed E-state index contributed by atoms with van der Waals surface area (Å²) in [4.78, 5) is 21.7. The number of fused-ring (bicyclic) bond motifs is 1. The molecule has 1 amide bonds. The fourth-order valence-corrected chi connectivity index (χ4v) is 4.89. The van der Waals surface area contributed by atoms with Crippen molar-refractivity contribution in [3.63, 3.8) is 0 Å². The van der Waals surface area contributed by atoms with E-state index in [0.29, 0.717) is 25.0 Å². The number of benzene rings is 1. The molecule has 2 aliphatic heterocycles. The van der Waals surface area contributed by atoms with Crippen LogP contribution >= 0.6 is 11.3 Å². The van der Waals surface area contributed by atoms with E-state index in [1.54, 1.807) is 11.3 Å². The first-order valence-electron chi connectivity index (χ1n) is 9.70. The van der Waals surface area contributed by atoms with Gasteiger partial charge >= 0.3 is 0 Å². The Morgan fingerprint density at radius 3 is 2.81 bits per heavy atom. The van der Waals surface area contributed by atoms with Crippen LogP contribution in [-0.2, 0) is 17.9 Å². The number of hydrogen-bond donors (Lipinski definition) is 0. The third-order valence-corrected chi connectivity index (χ3v) is 6.26. The van der Waals surface area contributed by atoms with Gasteiger partial charge in [-0.05, 0) is 33.3 Å². The molecule has 0 aliphatic carbocycles. The van der Waals surface area contributed by atoms with Crippen molar-refractivity contribution < 1.29 is 9.53 Å². The maximum atomic E-state index is 12.7. The smallest absolute Gasteiger partial charge is 0.224 e. The molecule has 0 saturated carbocycles. The highest BCUT2D eigenvalue weighted by Crippen LogP contribution is 2.35. The second-order valence-corrected chi connectivity index (χ2v) is 8.81. The summed E-state index contributed by atoms with van der Waals surface area (Å²) >= 11 is 1.65. The number of hydrogen-bond acceptors (Lipinski definition) is 5. The van der Waals surface area contributed by atoms with Crippen LogP contribution in [-0.4, -0.2) is 45.4 Å². The number of thiazole rings is 1. The average molecular weight is 386 g/mol. The summed E-state index contributed by atoms with van der Waals surface area (Å²) in [6.45, 7) is 8.61. The van der Waals surface area contributed by atoms with E-state index in [0.717, 1.165) is 36.0 Å². The molecule has 1 aromatic heterocycles. The molecule has 27 heavy (non-hydrogen) atoms. The SMILES string of the molecule is Cc1nc(CN2C(=O)C[C@H]3[C@@H]2CCN3Cc2ccccc2OC(C)C)cs1. The van der Waals surface area contributed by atoms with Gasteiger partial charge in [-0.1, -0.05) is 18.2 Å². The number of carbonyl (C=O) groups excluding carboxylic acids is 1. The van der Waals surface area contributed by atoms with E-state index >= 15 is 0 Å². The molecule has 2 aliphatic rings. The van der Waals surface area contributed by atoms with Crippen molar-refractivity contribution in [3.05, 3.63) is 45.9 Å². The van der Waals surface area contributed by atoms with Crippen molar-refractivity contribution in [2.24, 2.45) is 0 Å². The number of aromatic nitrogens is 1. The summed E-state index contributed by atoms with van der Waals surface area (Å²) < 4.78 is 5.98. The molecule has 2 fully saturated rings. The minimum atomic E-state index is 0.155. The first-order valence-corrected chi connectivity index (χ1v) is 10.6. The van der Waals surface area contributed by atoms with Crippen molar-refractivity contribution in [1.82, 2.24) is 14.8 Å². The normalized spacial score (nSPS) is 22.7. The second-order valence-electron chi connectivity index (χ2n) is 7.75. The topological polar surface area (TPSA) is 45.7 Å². The van der Waals surface area contributed by atoms with Crippen molar-refractivity contribution in [3.8, 4) is 5.75 Å². The molecular formula is C21H27N3O2S. The lowest BCUT2D eigenvalue weighted by atomic mass is 10.1. The molecule has 4 rings (SSSR count). The number of nitrogens with zero attached hydrogens (tertiary/aromatic N) is 3. The van der Waals surface area contributed by atoms with Crippen LogP contribution < -0.4 is 4.74 Å². The minimum Gasteiger partial charge on any atom is -0.491 e. The Morgan fingerprint density at radius 2 is 2.07 bits per heavy atom. The highest BCUT2D eigenvalue weighted by Gasteiger charge is 2.46. The Kier molecular flexibility index (Phi) is 5.19. The van der Waals surface area contributed by atoms with Crippen molar-refractivity contribution in [2.75, 3.05) is 6.54 Å². The summed E-state index contributed by atoms with van der Waals surface area (Å²) in [6.07, 6.45) is 1.80. The van der Waals surface area contributed by atoms with Crippen molar-refractivity contribution in [2.45, 2.75) is 64.9 Å². The number of ether oxygens (including phenoxy) is 1. The first-order chi connectivity index (χ1) is 13.0. The first kappa shape index (κ1) is 18.4. The maximum Gasteiger partial charge on any atom is 0.224 e. The number of aryl methyl sites for hydroxylation is 1. The quantitative estimate of drug-likeness (QED) is 0.762. The Labute approximate surface area is 165 Å². The Hall–Kier alpha value is -1.92. The molecule has 1 aromatic carbocycles. The number of amides is 1. The highest BCUT2D eigenvalue weighted by molar-refractivity contribution is 7.09. The third-order valence-electron chi connectivity index (χ3n) is 5.44. The molecule has 144 valence electrons. The lowest BCUT2D eigenvalue weighted by Crippen LogP contribution is -2.36. The monoisotopic (exact) mass is 385 g/mol. The van der Waals surface area contributed by atoms with E-state index in [4.69, 9.17) is 4.74 Å². The van der Waals surface area contributed by atoms with Gasteiger partial charge in [0.15, 0.2) is 0 Å². The van der Waals surface area contributed by atoms with Crippen LogP contribution in [0.3, 0.4) is 0 Å². The van der Waals surface area contributed by atoms with Crippen LogP contribution in [0, 0.1) is 6.92 Å². The fourth-order valence-electron chi connectivity index (χ4n) is 4.29. The van der Waals surface area contributed by atoms with Crippen LogP contribution in [0.4, 0.5) is 0 Å². The molecular weight excluding hydrogens is 358 g/mol. The Morgan fingerprint density at radius 1 is 1.26 bits per heavy atom. The van der Waals surface area contributed by atoms with Gasteiger partial charge in [0.1, 0.15) is 5.75 Å². The molecule has 2 atom stereocenters. The van der Waals surface area contributed by atoms with Crippen LogP contribution in [0.1, 0.15) is 43.0 Å². The predicted octanol–water partition coefficient (Wildman–Crippen LogP) is 3.61. The fraction of sp³-hybridized carbons (Fsp3) is 0.524. The molecule has 2 saturated heterocycles. The van der Waals surface area contributed by atoms with E-state index in [9.17, 15) is 4.79 Å². The molecule has 0 radical (unpaired) electrons. The second kappa shape index (κ2) is 7.60. The summed E-state index contributed by atoms with van der Waals surface area (Å²) in [5, 5.41) is 3.13. The van der Waals surface area contributed by atoms with Gasteiger partial charge in [0, 0.05) is 42.5 Å². The zero-order valence-electron chi connectivity index (χ0n) is 16.2. The average Bonchev–Trinajstić information content (AvgIpc) is 3.28. The highest BCUT2D eigenvalue weighted by atomic mass is 32.1. The summed E-state index contributed by atoms with van der Waals surface area (Å²) in [5.74, 6) is 1.21. The van der Waals surface area contributed by atoms with Gasteiger partial charge in [0.25, 0.3) is 0 Å². The van der Waals surface area contributed by atoms with Crippen LogP contribution in [0.15, 0.2) is 29.6 Å². The number of rotatable bonds is 6. The van der Waals surface area contributed by atoms with Crippen molar-refractivity contribution >= 4 is 17.2 Å². The molecule has 3 heterocycles. The standard InChI is InChI=1S/C21H27N3O2S/c1-14(2)26-20-7-5-4-6-16(20)11-23-9-8-18-19(23)10-21(25)24(18)12-17-13-27-15(3)22-17/h4-7,13-14,18-19H,8-12H2,1-3H3/t18-,19-/m0/s1. The minimum absolute atomic E-state index is 0.155. The van der Waals surface area contributed by atoms with Crippen LogP contribution in [0.2, 0.25) is 0 Å². The zero-order valence-corrected chi connectivity index (χ0v) is 17.0. The van der Waals surface area contributed by atoms with Gasteiger partial charge in [-0.2, -0.15) is 0 Å². The predicted molar refractivity (Wildman–Crippen MR) is 107 cm³/mol. The van der Waals surface area contributed by atoms with Gasteiger partial charge in [-0.3, -0.25) is 9.69 Å². The van der Waals surface area contributed by atoms with E-state index in [1.807, 2.05) is 19.1 Å². The largest absolute Gasteiger partial charge is 0.491 e. The van der Waals surface area contributed by atoms with Crippen molar-refractivity contribution in [1.29, 1.82) is 0 Å². The summed E-state index contributed by atoms with van der Waals surface area (Å²) in [7, 11) is 0. The van der Waals surface area contributed by atoms with Crippen LogP contribution in [0.25, 0.3) is 0 Å². The lowest BCUT2D eigenvalue weighted by molar-refractivity contribution is -0.129. The van der Waals surface area contributed by atoms with Gasteiger partial charge < -0.3 is 9.64 Å². The zero-order chi connectivity index (χ0) is 19.0. The Balaban J connectivity index is 1.46. The van der Waals surface area contributed by atoms with E-state index in [1.165, 1.54) is 5.56 Å². The molecule has 5 nitrogen and oxygen atoms in total. The number of para-hydroxylation sites is 1. The lowest BCUT2D eigenvalue weighted by Gasteiger charge is -2.26. The van der Waals surface area contributed by atoms with Gasteiger partial charge in [-0.15, -0.1) is 11.3 Å². The summed E-state index contributed by atoms with van der Waals surface area (Å²) in [5.41, 5.74) is 2.22. The summed E-state index contributed by atoms with van der Waals surface area (Å²) in [6, 6.07) is 8.86. The molecule has 0 unspecified atom stereocenters. The van der Waals surface area contributed by atoms with E-state index in [2.05, 4.69) is 46.1 Å². The number of likely N-dealkylation sites (tertiary alicyclic amines) is 2. The van der Waals surface area contributed by atoms with Crippen LogP contribution in [0.5, 0.6) is 5.75 Å². The molecule has 2 aromatic rings. The number of carbonyl (C=O) groups is 1. The third kappa shape index (κ3) is 3.87. The molecule has 6 heteroatoms. The molecule has 0 bridgehead atoms. The van der Waals surface area contributed by atoms with E-state index < -0.39 is 0 Å².